The fourth-order valence-electron chi connectivity index (χ4n) is 4.15. The van der Waals surface area contributed by atoms with Gasteiger partial charge < -0.3 is 11.1 Å². The fraction of sp³-hybridized carbons (Fsp3) is 0.500. The molecule has 0 saturated heterocycles. The minimum Gasteiger partial charge on any atom is -0.365 e. The maximum atomic E-state index is 12.3. The van der Waals surface area contributed by atoms with E-state index in [0.717, 1.165) is 36.2 Å². The first-order valence-electron chi connectivity index (χ1n) is 10.8. The van der Waals surface area contributed by atoms with Crippen molar-refractivity contribution < 1.29 is 9.59 Å². The van der Waals surface area contributed by atoms with Gasteiger partial charge in [0.2, 0.25) is 5.91 Å². The third-order valence-electron chi connectivity index (χ3n) is 5.86. The maximum absolute atomic E-state index is 12.3. The summed E-state index contributed by atoms with van der Waals surface area (Å²) in [4.78, 5) is 34.6. The molecule has 0 unspecified atom stereocenters. The number of rotatable bonds is 8. The molecule has 1 aliphatic carbocycles. The minimum absolute atomic E-state index is 0.0237. The van der Waals surface area contributed by atoms with Crippen LogP contribution in [0.1, 0.15) is 68.6 Å². The number of hydrogen-bond acceptors (Lipinski definition) is 6. The number of primary amides is 1. The molecule has 0 bridgehead atoms. The van der Waals surface area contributed by atoms with Crippen LogP contribution in [-0.2, 0) is 30.5 Å². The molecule has 1 aliphatic rings. The average molecular weight is 441 g/mol. The number of nitrogens with zero attached hydrogens (tertiary/aromatic N) is 4. The summed E-state index contributed by atoms with van der Waals surface area (Å²) in [7, 11) is 0. The molecule has 3 aromatic heterocycles. The smallest absolute Gasteiger partial charge is 0.254 e. The number of amides is 2. The van der Waals surface area contributed by atoms with Gasteiger partial charge >= 0.3 is 0 Å². The lowest BCUT2D eigenvalue weighted by atomic mass is 10.0. The van der Waals surface area contributed by atoms with Gasteiger partial charge in [-0.05, 0) is 57.9 Å². The minimum atomic E-state index is -0.550. The molecule has 3 aromatic rings. The third-order valence-corrected chi connectivity index (χ3v) is 7.07. The van der Waals surface area contributed by atoms with Gasteiger partial charge in [-0.15, -0.1) is 11.3 Å². The van der Waals surface area contributed by atoms with E-state index >= 15 is 0 Å². The van der Waals surface area contributed by atoms with Gasteiger partial charge in [0, 0.05) is 35.7 Å². The molecule has 3 heterocycles. The second kappa shape index (κ2) is 9.13. The van der Waals surface area contributed by atoms with E-state index in [1.165, 1.54) is 41.0 Å². The molecule has 0 aliphatic heterocycles. The highest BCUT2D eigenvalue weighted by Gasteiger charge is 2.17. The molecule has 31 heavy (non-hydrogen) atoms. The predicted octanol–water partition coefficient (Wildman–Crippen LogP) is 2.46. The van der Waals surface area contributed by atoms with Gasteiger partial charge in [-0.1, -0.05) is 0 Å². The molecule has 4 rings (SSSR count). The van der Waals surface area contributed by atoms with Crippen LogP contribution < -0.4 is 11.1 Å². The van der Waals surface area contributed by atoms with Gasteiger partial charge in [0.15, 0.2) is 5.65 Å². The topological polar surface area (TPSA) is 115 Å². The summed E-state index contributed by atoms with van der Waals surface area (Å²) in [6.07, 6.45) is 9.01. The Morgan fingerprint density at radius 2 is 2.00 bits per heavy atom. The Hall–Kier alpha value is -2.81. The van der Waals surface area contributed by atoms with E-state index in [0.29, 0.717) is 30.6 Å². The van der Waals surface area contributed by atoms with Crippen molar-refractivity contribution in [3.63, 3.8) is 0 Å². The number of hydrogen-bond donors (Lipinski definition) is 2. The Balaban J connectivity index is 1.28. The SMILES string of the molecule is Cc1nc2c(C(N)=O)cnn2c(C)c1CCC(=O)NCCCc1nc2c(s1)CCCC2. The normalized spacial score (nSPS) is 13.4. The zero-order chi connectivity index (χ0) is 22.0. The number of thiazole rings is 1. The molecule has 0 fully saturated rings. The standard InChI is InChI=1S/C22H28N6O2S/c1-13-15(14(2)28-22(26-13)16(12-25-28)21(23)30)9-10-19(29)24-11-5-8-20-27-17-6-3-4-7-18(17)31-20/h12H,3-11H2,1-2H3,(H2,23,30)(H,24,29). The van der Waals surface area contributed by atoms with Crippen LogP contribution in [0.15, 0.2) is 6.20 Å². The van der Waals surface area contributed by atoms with Gasteiger partial charge in [-0.2, -0.15) is 5.10 Å². The van der Waals surface area contributed by atoms with E-state index < -0.39 is 5.91 Å². The van der Waals surface area contributed by atoms with Crippen LogP contribution in [0.2, 0.25) is 0 Å². The van der Waals surface area contributed by atoms with Gasteiger partial charge in [0.25, 0.3) is 5.91 Å². The lowest BCUT2D eigenvalue weighted by molar-refractivity contribution is -0.121. The Kier molecular flexibility index (Phi) is 6.31. The number of nitrogens with one attached hydrogen (secondary N) is 1. The number of carbonyl (C=O) groups excluding carboxylic acids is 2. The van der Waals surface area contributed by atoms with Crippen LogP contribution in [0, 0.1) is 13.8 Å². The van der Waals surface area contributed by atoms with Gasteiger partial charge in [-0.3, -0.25) is 9.59 Å². The van der Waals surface area contributed by atoms with Crippen molar-refractivity contribution >= 4 is 28.8 Å². The number of fused-ring (bicyclic) bond motifs is 2. The molecule has 2 amide bonds. The highest BCUT2D eigenvalue weighted by Crippen LogP contribution is 2.27. The van der Waals surface area contributed by atoms with E-state index in [4.69, 9.17) is 10.7 Å². The summed E-state index contributed by atoms with van der Waals surface area (Å²) < 4.78 is 1.62. The van der Waals surface area contributed by atoms with Crippen molar-refractivity contribution in [2.45, 2.75) is 65.2 Å². The zero-order valence-corrected chi connectivity index (χ0v) is 18.8. The second-order valence-corrected chi connectivity index (χ2v) is 9.23. The summed E-state index contributed by atoms with van der Waals surface area (Å²) in [5.74, 6) is -0.526. The van der Waals surface area contributed by atoms with Crippen LogP contribution in [0.3, 0.4) is 0 Å². The Morgan fingerprint density at radius 3 is 2.77 bits per heavy atom. The Labute approximate surface area is 185 Å². The molecule has 8 nitrogen and oxygen atoms in total. The second-order valence-electron chi connectivity index (χ2n) is 8.06. The summed E-state index contributed by atoms with van der Waals surface area (Å²) in [5.41, 5.74) is 10.1. The summed E-state index contributed by atoms with van der Waals surface area (Å²) in [6, 6.07) is 0. The highest BCUT2D eigenvalue weighted by molar-refractivity contribution is 7.11. The van der Waals surface area contributed by atoms with Gasteiger partial charge in [0.1, 0.15) is 5.56 Å². The van der Waals surface area contributed by atoms with Crippen LogP contribution in [0.4, 0.5) is 0 Å². The fourth-order valence-corrected chi connectivity index (χ4v) is 5.35. The zero-order valence-electron chi connectivity index (χ0n) is 18.0. The van der Waals surface area contributed by atoms with Crippen molar-refractivity contribution in [1.29, 1.82) is 0 Å². The first-order chi connectivity index (χ1) is 14.9. The molecular formula is C22H28N6O2S. The van der Waals surface area contributed by atoms with Crippen molar-refractivity contribution in [3.8, 4) is 0 Å². The number of aryl methyl sites for hydroxylation is 5. The van der Waals surface area contributed by atoms with Gasteiger partial charge in [-0.25, -0.2) is 14.5 Å². The molecule has 0 spiro atoms. The Morgan fingerprint density at radius 1 is 1.19 bits per heavy atom. The molecular weight excluding hydrogens is 412 g/mol. The van der Waals surface area contributed by atoms with Crippen molar-refractivity contribution in [2.75, 3.05) is 6.54 Å². The lowest BCUT2D eigenvalue weighted by Gasteiger charge is -2.11. The van der Waals surface area contributed by atoms with E-state index in [9.17, 15) is 9.59 Å². The average Bonchev–Trinajstić information content (AvgIpc) is 3.34. The first kappa shape index (κ1) is 21.4. The van der Waals surface area contributed by atoms with Crippen LogP contribution >= 0.6 is 11.3 Å². The van der Waals surface area contributed by atoms with Crippen molar-refractivity contribution in [2.24, 2.45) is 5.73 Å². The largest absolute Gasteiger partial charge is 0.365 e. The summed E-state index contributed by atoms with van der Waals surface area (Å²) in [6.45, 7) is 4.45. The van der Waals surface area contributed by atoms with Crippen LogP contribution in [-0.4, -0.2) is 37.9 Å². The Bertz CT molecular complexity index is 1110. The van der Waals surface area contributed by atoms with Crippen LogP contribution in [0.25, 0.3) is 5.65 Å². The molecule has 3 N–H and O–H groups in total. The van der Waals surface area contributed by atoms with E-state index in [1.54, 1.807) is 4.52 Å². The summed E-state index contributed by atoms with van der Waals surface area (Å²) >= 11 is 1.84. The molecule has 9 heteroatoms. The monoisotopic (exact) mass is 440 g/mol. The molecule has 0 aromatic carbocycles. The van der Waals surface area contributed by atoms with E-state index in [1.807, 2.05) is 25.2 Å². The highest BCUT2D eigenvalue weighted by atomic mass is 32.1. The van der Waals surface area contributed by atoms with Crippen molar-refractivity contribution in [1.82, 2.24) is 24.9 Å². The summed E-state index contributed by atoms with van der Waals surface area (Å²) in [5, 5.41) is 8.44. The molecule has 164 valence electrons. The maximum Gasteiger partial charge on any atom is 0.254 e. The number of carbonyl (C=O) groups is 2. The predicted molar refractivity (Wildman–Crippen MR) is 119 cm³/mol. The van der Waals surface area contributed by atoms with Crippen molar-refractivity contribution in [3.05, 3.63) is 44.3 Å². The molecule has 0 radical (unpaired) electrons. The first-order valence-corrected chi connectivity index (χ1v) is 11.6. The lowest BCUT2D eigenvalue weighted by Crippen LogP contribution is -2.25. The number of nitrogens with two attached hydrogens (primary N) is 1. The molecule has 0 saturated carbocycles. The quantitative estimate of drug-likeness (QED) is 0.522. The van der Waals surface area contributed by atoms with Crippen LogP contribution in [0.5, 0.6) is 0 Å². The third kappa shape index (κ3) is 4.61. The van der Waals surface area contributed by atoms with E-state index in [-0.39, 0.29) is 5.91 Å². The van der Waals surface area contributed by atoms with E-state index in [2.05, 4.69) is 15.4 Å². The molecule has 0 atom stereocenters. The van der Waals surface area contributed by atoms with Gasteiger partial charge in [0.05, 0.1) is 16.9 Å². The number of aromatic nitrogens is 4.